The molecule has 0 radical (unpaired) electrons. The summed E-state index contributed by atoms with van der Waals surface area (Å²) in [6.07, 6.45) is 2.80. The lowest BCUT2D eigenvalue weighted by Crippen LogP contribution is -2.52. The predicted octanol–water partition coefficient (Wildman–Crippen LogP) is 3.76. The Balaban J connectivity index is 1.05. The van der Waals surface area contributed by atoms with E-state index in [0.717, 1.165) is 26.2 Å². The Hall–Kier alpha value is -4.55. The molecule has 5 amide bonds. The van der Waals surface area contributed by atoms with Crippen molar-refractivity contribution in [1.29, 1.82) is 0 Å². The monoisotopic (exact) mass is 575 g/mol. The zero-order valence-corrected chi connectivity index (χ0v) is 23.2. The number of hydrogen-bond acceptors (Lipinski definition) is 7. The summed E-state index contributed by atoms with van der Waals surface area (Å²) in [5.74, 6) is 0.470. The van der Waals surface area contributed by atoms with Crippen molar-refractivity contribution in [2.75, 3.05) is 63.0 Å². The fraction of sp³-hybridized carbons (Fsp3) is 0.333. The number of pyridine rings is 1. The highest BCUT2D eigenvalue weighted by Gasteiger charge is 2.22. The van der Waals surface area contributed by atoms with E-state index in [1.165, 1.54) is 43.8 Å². The van der Waals surface area contributed by atoms with Crippen molar-refractivity contribution in [3.63, 3.8) is 0 Å². The second-order valence-corrected chi connectivity index (χ2v) is 10.3. The third-order valence-corrected chi connectivity index (χ3v) is 7.19. The summed E-state index contributed by atoms with van der Waals surface area (Å²) < 4.78 is 18.9. The number of rotatable bonds is 9. The van der Waals surface area contributed by atoms with Crippen molar-refractivity contribution < 1.29 is 23.5 Å². The standard InChI is InChI=1S/C30H34FN7O4/c31-23-4-2-22(3-5-23)20-28(39)35-29(40)33-24-6-8-25(9-7-24)42-26-10-11-32-27(21-26)34-30(41)38-18-16-37(17-19-38)15-14-36-12-1-13-36/h2-11,21H,1,12-20H2,(H,32,34,41)(H2,33,35,39,40). The average Bonchev–Trinajstić information content (AvgIpc) is 2.95. The highest BCUT2D eigenvalue weighted by molar-refractivity contribution is 6.01. The van der Waals surface area contributed by atoms with E-state index in [-0.39, 0.29) is 12.5 Å². The number of imide groups is 1. The molecule has 0 unspecified atom stereocenters. The number of ether oxygens (including phenoxy) is 1. The highest BCUT2D eigenvalue weighted by Crippen LogP contribution is 2.24. The van der Waals surface area contributed by atoms with Crippen LogP contribution in [-0.2, 0) is 11.2 Å². The topological polar surface area (TPSA) is 119 Å². The van der Waals surface area contributed by atoms with E-state index < -0.39 is 17.8 Å². The lowest BCUT2D eigenvalue weighted by molar-refractivity contribution is -0.119. The Morgan fingerprint density at radius 1 is 0.810 bits per heavy atom. The summed E-state index contributed by atoms with van der Waals surface area (Å²) in [4.78, 5) is 48.0. The van der Waals surface area contributed by atoms with Crippen molar-refractivity contribution in [3.05, 3.63) is 78.2 Å². The second-order valence-electron chi connectivity index (χ2n) is 10.3. The van der Waals surface area contributed by atoms with Crippen molar-refractivity contribution in [1.82, 2.24) is 25.0 Å². The highest BCUT2D eigenvalue weighted by atomic mass is 19.1. The van der Waals surface area contributed by atoms with E-state index in [0.29, 0.717) is 41.7 Å². The number of hydrogen-bond donors (Lipinski definition) is 3. The van der Waals surface area contributed by atoms with Crippen molar-refractivity contribution in [2.45, 2.75) is 12.8 Å². The first-order chi connectivity index (χ1) is 20.4. The first-order valence-electron chi connectivity index (χ1n) is 14.0. The average molecular weight is 576 g/mol. The second kappa shape index (κ2) is 13.9. The van der Waals surface area contributed by atoms with Gasteiger partial charge in [0.2, 0.25) is 5.91 Å². The van der Waals surface area contributed by atoms with Crippen LogP contribution in [0.15, 0.2) is 66.9 Å². The maximum absolute atomic E-state index is 13.0. The van der Waals surface area contributed by atoms with Crippen LogP contribution in [0.4, 0.5) is 25.5 Å². The predicted molar refractivity (Wildman–Crippen MR) is 156 cm³/mol. The number of piperazine rings is 1. The molecule has 3 N–H and O–H groups in total. The Morgan fingerprint density at radius 2 is 1.50 bits per heavy atom. The number of amides is 5. The molecule has 3 heterocycles. The Labute approximate surface area is 243 Å². The van der Waals surface area contributed by atoms with Crippen LogP contribution in [0.25, 0.3) is 0 Å². The van der Waals surface area contributed by atoms with Gasteiger partial charge in [0.1, 0.15) is 23.1 Å². The van der Waals surface area contributed by atoms with E-state index >= 15 is 0 Å². The minimum Gasteiger partial charge on any atom is -0.457 e. The zero-order valence-electron chi connectivity index (χ0n) is 23.2. The maximum atomic E-state index is 13.0. The van der Waals surface area contributed by atoms with Crippen LogP contribution in [0.3, 0.4) is 0 Å². The van der Waals surface area contributed by atoms with E-state index in [9.17, 15) is 18.8 Å². The molecule has 0 bridgehead atoms. The Bertz CT molecular complexity index is 1380. The van der Waals surface area contributed by atoms with E-state index in [1.54, 1.807) is 47.5 Å². The molecule has 3 aromatic rings. The summed E-state index contributed by atoms with van der Waals surface area (Å²) in [6.45, 7) is 7.59. The van der Waals surface area contributed by atoms with Gasteiger partial charge >= 0.3 is 12.1 Å². The number of urea groups is 2. The van der Waals surface area contributed by atoms with Gasteiger partial charge in [0, 0.05) is 57.2 Å². The van der Waals surface area contributed by atoms with Gasteiger partial charge in [-0.25, -0.2) is 19.0 Å². The number of likely N-dealkylation sites (tertiary alicyclic amines) is 1. The summed E-state index contributed by atoms with van der Waals surface area (Å²) in [5.41, 5.74) is 1.05. The number of nitrogens with one attached hydrogen (secondary N) is 3. The zero-order chi connectivity index (χ0) is 29.3. The van der Waals surface area contributed by atoms with Crippen molar-refractivity contribution in [2.24, 2.45) is 0 Å². The molecular weight excluding hydrogens is 541 g/mol. The first kappa shape index (κ1) is 29.0. The summed E-state index contributed by atoms with van der Waals surface area (Å²) in [7, 11) is 0. The van der Waals surface area contributed by atoms with Gasteiger partial charge in [-0.05, 0) is 67.5 Å². The minimum absolute atomic E-state index is 0.0511. The van der Waals surface area contributed by atoms with E-state index in [4.69, 9.17) is 4.74 Å². The number of nitrogens with zero attached hydrogens (tertiary/aromatic N) is 4. The quantitative estimate of drug-likeness (QED) is 0.356. The van der Waals surface area contributed by atoms with Gasteiger partial charge in [0.15, 0.2) is 0 Å². The van der Waals surface area contributed by atoms with Crippen LogP contribution in [0, 0.1) is 5.82 Å². The Kier molecular flexibility index (Phi) is 9.57. The molecule has 0 spiro atoms. The van der Waals surface area contributed by atoms with E-state index in [2.05, 4.69) is 30.7 Å². The molecule has 1 aromatic heterocycles. The fourth-order valence-electron chi connectivity index (χ4n) is 4.66. The largest absolute Gasteiger partial charge is 0.457 e. The van der Waals surface area contributed by atoms with Gasteiger partial charge in [0.25, 0.3) is 0 Å². The molecular formula is C30H34FN7O4. The van der Waals surface area contributed by atoms with Gasteiger partial charge in [-0.2, -0.15) is 0 Å². The number of anilines is 2. The molecule has 42 heavy (non-hydrogen) atoms. The molecule has 2 aromatic carbocycles. The van der Waals surface area contributed by atoms with Gasteiger partial charge in [-0.15, -0.1) is 0 Å². The Morgan fingerprint density at radius 3 is 2.17 bits per heavy atom. The number of carbonyl (C=O) groups is 3. The van der Waals surface area contributed by atoms with Crippen LogP contribution < -0.4 is 20.7 Å². The van der Waals surface area contributed by atoms with E-state index in [1.807, 2.05) is 0 Å². The van der Waals surface area contributed by atoms with Crippen molar-refractivity contribution >= 4 is 29.5 Å². The van der Waals surface area contributed by atoms with Crippen LogP contribution >= 0.6 is 0 Å². The molecule has 2 fully saturated rings. The molecule has 0 aliphatic carbocycles. The molecule has 2 saturated heterocycles. The summed E-state index contributed by atoms with van der Waals surface area (Å²) >= 11 is 0. The van der Waals surface area contributed by atoms with Gasteiger partial charge in [-0.1, -0.05) is 12.1 Å². The van der Waals surface area contributed by atoms with Gasteiger partial charge < -0.3 is 19.9 Å². The summed E-state index contributed by atoms with van der Waals surface area (Å²) in [5, 5.41) is 7.69. The molecule has 11 nitrogen and oxygen atoms in total. The van der Waals surface area contributed by atoms with Crippen LogP contribution in [-0.4, -0.2) is 90.0 Å². The maximum Gasteiger partial charge on any atom is 0.325 e. The third kappa shape index (κ3) is 8.48. The number of carbonyl (C=O) groups excluding carboxylic acids is 3. The molecule has 12 heteroatoms. The first-order valence-corrected chi connectivity index (χ1v) is 14.0. The number of halogens is 1. The molecule has 5 rings (SSSR count). The molecule has 0 atom stereocenters. The van der Waals surface area contributed by atoms with Gasteiger partial charge in [0.05, 0.1) is 6.42 Å². The van der Waals surface area contributed by atoms with Crippen molar-refractivity contribution in [3.8, 4) is 11.5 Å². The van der Waals surface area contributed by atoms with Crippen LogP contribution in [0.2, 0.25) is 0 Å². The normalized spacial score (nSPS) is 15.4. The number of benzene rings is 2. The third-order valence-electron chi connectivity index (χ3n) is 7.19. The smallest absolute Gasteiger partial charge is 0.325 e. The van der Waals surface area contributed by atoms with Gasteiger partial charge in [-0.3, -0.25) is 20.3 Å². The lowest BCUT2D eigenvalue weighted by atomic mass is 10.1. The minimum atomic E-state index is -0.682. The van der Waals surface area contributed by atoms with Crippen LogP contribution in [0.5, 0.6) is 11.5 Å². The van der Waals surface area contributed by atoms with Crippen LogP contribution in [0.1, 0.15) is 12.0 Å². The molecule has 0 saturated carbocycles. The lowest BCUT2D eigenvalue weighted by Gasteiger charge is -2.37. The SMILES string of the molecule is O=C(Cc1ccc(F)cc1)NC(=O)Nc1ccc(Oc2ccnc(NC(=O)N3CCN(CCN4CCC4)CC3)c2)cc1. The molecule has 2 aliphatic rings. The molecule has 2 aliphatic heterocycles. The number of aromatic nitrogens is 1. The summed E-state index contributed by atoms with van der Waals surface area (Å²) in [6, 6.07) is 14.5. The fourth-order valence-corrected chi connectivity index (χ4v) is 4.66. The molecule has 220 valence electrons.